The molecule has 0 spiro atoms. The van der Waals surface area contributed by atoms with Gasteiger partial charge in [-0.15, -0.1) is 0 Å². The lowest BCUT2D eigenvalue weighted by Gasteiger charge is -2.14. The largest absolute Gasteiger partial charge is 0.481 e. The summed E-state index contributed by atoms with van der Waals surface area (Å²) in [6.07, 6.45) is -0.639. The molecule has 1 aromatic rings. The van der Waals surface area contributed by atoms with Gasteiger partial charge in [-0.3, -0.25) is 14.4 Å². The van der Waals surface area contributed by atoms with E-state index < -0.39 is 30.3 Å². The predicted molar refractivity (Wildman–Crippen MR) is 80.9 cm³/mol. The first-order valence-electron chi connectivity index (χ1n) is 6.63. The Kier molecular flexibility index (Phi) is 6.07. The van der Waals surface area contributed by atoms with Crippen molar-refractivity contribution in [3.63, 3.8) is 0 Å². The third-order valence-corrected chi connectivity index (χ3v) is 2.88. The molecule has 1 unspecified atom stereocenters. The minimum absolute atomic E-state index is 0.0875. The molecule has 23 heavy (non-hydrogen) atoms. The van der Waals surface area contributed by atoms with E-state index in [9.17, 15) is 19.2 Å². The Balaban J connectivity index is 2.88. The van der Waals surface area contributed by atoms with E-state index in [0.717, 1.165) is 0 Å². The molecule has 0 radical (unpaired) electrons. The number of carbonyl (C=O) groups is 4. The quantitative estimate of drug-likeness (QED) is 0.450. The maximum absolute atomic E-state index is 12.1. The fraction of sp³-hybridized carbons (Fsp3) is 0.286. The van der Waals surface area contributed by atoms with Crippen molar-refractivity contribution in [1.82, 2.24) is 5.32 Å². The lowest BCUT2D eigenvalue weighted by molar-refractivity contribution is -0.140. The monoisotopic (exact) mass is 323 g/mol. The highest BCUT2D eigenvalue weighted by Gasteiger charge is 2.22. The van der Waals surface area contributed by atoms with E-state index in [1.165, 1.54) is 25.1 Å². The molecule has 0 fully saturated rings. The van der Waals surface area contributed by atoms with Crippen LogP contribution in [0.25, 0.3) is 0 Å². The average Bonchev–Trinajstić information content (AvgIpc) is 2.44. The molecule has 6 N–H and O–H groups in total. The van der Waals surface area contributed by atoms with Crippen LogP contribution in [0.5, 0.6) is 0 Å². The number of carboxylic acids is 2. The van der Waals surface area contributed by atoms with Crippen LogP contribution in [0.4, 0.5) is 11.4 Å². The number of rotatable bonds is 7. The van der Waals surface area contributed by atoms with Gasteiger partial charge in [0, 0.05) is 18.9 Å². The first-order valence-corrected chi connectivity index (χ1v) is 6.63. The van der Waals surface area contributed by atoms with Crippen LogP contribution in [0.15, 0.2) is 18.2 Å². The summed E-state index contributed by atoms with van der Waals surface area (Å²) >= 11 is 0. The second-order valence-electron chi connectivity index (χ2n) is 4.78. The van der Waals surface area contributed by atoms with Gasteiger partial charge in [-0.25, -0.2) is 4.79 Å². The van der Waals surface area contributed by atoms with E-state index in [2.05, 4.69) is 10.6 Å². The van der Waals surface area contributed by atoms with Crippen LogP contribution in [-0.4, -0.2) is 40.0 Å². The van der Waals surface area contributed by atoms with Crippen LogP contribution in [0, 0.1) is 0 Å². The highest BCUT2D eigenvalue weighted by atomic mass is 16.4. The Morgan fingerprint density at radius 2 is 1.87 bits per heavy atom. The Labute approximate surface area is 131 Å². The van der Waals surface area contributed by atoms with Gasteiger partial charge in [-0.2, -0.15) is 0 Å². The third kappa shape index (κ3) is 5.65. The van der Waals surface area contributed by atoms with Gasteiger partial charge in [-0.05, 0) is 24.6 Å². The van der Waals surface area contributed by atoms with Crippen LogP contribution in [0.3, 0.4) is 0 Å². The zero-order valence-electron chi connectivity index (χ0n) is 12.3. The topological polar surface area (TPSA) is 159 Å². The van der Waals surface area contributed by atoms with Gasteiger partial charge < -0.3 is 26.6 Å². The molecule has 1 aromatic carbocycles. The average molecular weight is 323 g/mol. The van der Waals surface area contributed by atoms with E-state index in [0.29, 0.717) is 0 Å². The number of hydrogen-bond donors (Lipinski definition) is 5. The van der Waals surface area contributed by atoms with Crippen LogP contribution < -0.4 is 16.4 Å². The smallest absolute Gasteiger partial charge is 0.326 e. The molecule has 124 valence electrons. The zero-order chi connectivity index (χ0) is 17.6. The Bertz CT molecular complexity index is 643. The predicted octanol–water partition coefficient (Wildman–Crippen LogP) is 0.275. The number of aliphatic carboxylic acids is 2. The molecule has 0 aromatic heterocycles. The van der Waals surface area contributed by atoms with Crippen LogP contribution in [0.1, 0.15) is 30.1 Å². The highest BCUT2D eigenvalue weighted by molar-refractivity contribution is 6.00. The lowest BCUT2D eigenvalue weighted by Crippen LogP contribution is -2.41. The summed E-state index contributed by atoms with van der Waals surface area (Å²) in [5, 5.41) is 22.3. The van der Waals surface area contributed by atoms with E-state index in [4.69, 9.17) is 15.9 Å². The number of nitrogen functional groups attached to an aromatic ring is 1. The van der Waals surface area contributed by atoms with Crippen molar-refractivity contribution < 1.29 is 29.4 Å². The van der Waals surface area contributed by atoms with Gasteiger partial charge in [0.1, 0.15) is 6.04 Å². The standard InChI is InChI=1S/C14H17N3O6/c1-7(18)16-11-6-8(2-3-9(11)15)13(21)17-10(14(22)23)4-5-12(19)20/h2-3,6,10H,4-5,15H2,1H3,(H,16,18)(H,17,21)(H,19,20)(H,22,23). The van der Waals surface area contributed by atoms with Crippen LogP contribution >= 0.6 is 0 Å². The summed E-state index contributed by atoms with van der Waals surface area (Å²) in [5.41, 5.74) is 6.22. The summed E-state index contributed by atoms with van der Waals surface area (Å²) in [4.78, 5) is 44.7. The molecule has 0 saturated heterocycles. The van der Waals surface area contributed by atoms with Crippen LogP contribution in [0.2, 0.25) is 0 Å². The molecule has 0 bridgehead atoms. The number of benzene rings is 1. The highest BCUT2D eigenvalue weighted by Crippen LogP contribution is 2.20. The number of amides is 2. The van der Waals surface area contributed by atoms with Gasteiger partial charge in [0.25, 0.3) is 5.91 Å². The lowest BCUT2D eigenvalue weighted by atomic mass is 10.1. The molecule has 1 atom stereocenters. The van der Waals surface area contributed by atoms with Gasteiger partial charge in [-0.1, -0.05) is 0 Å². The van der Waals surface area contributed by atoms with Crippen molar-refractivity contribution in [1.29, 1.82) is 0 Å². The minimum atomic E-state index is -1.34. The Morgan fingerprint density at radius 3 is 2.39 bits per heavy atom. The minimum Gasteiger partial charge on any atom is -0.481 e. The third-order valence-electron chi connectivity index (χ3n) is 2.88. The molecule has 0 aliphatic rings. The zero-order valence-corrected chi connectivity index (χ0v) is 12.3. The van der Waals surface area contributed by atoms with Crippen molar-refractivity contribution in [3.8, 4) is 0 Å². The van der Waals surface area contributed by atoms with Gasteiger partial charge in [0.15, 0.2) is 0 Å². The Hall–Kier alpha value is -3.10. The summed E-state index contributed by atoms with van der Waals surface area (Å²) in [5.74, 6) is -3.59. The first kappa shape index (κ1) is 18.0. The molecular formula is C14H17N3O6. The van der Waals surface area contributed by atoms with E-state index >= 15 is 0 Å². The molecule has 0 aliphatic heterocycles. The molecule has 0 heterocycles. The van der Waals surface area contributed by atoms with Crippen LogP contribution in [-0.2, 0) is 14.4 Å². The number of carbonyl (C=O) groups excluding carboxylic acids is 2. The number of nitrogens with one attached hydrogen (secondary N) is 2. The summed E-state index contributed by atoms with van der Waals surface area (Å²) in [7, 11) is 0. The van der Waals surface area contributed by atoms with Gasteiger partial charge >= 0.3 is 11.9 Å². The summed E-state index contributed by atoms with van der Waals surface area (Å²) in [6.45, 7) is 1.28. The van der Waals surface area contributed by atoms with Crippen molar-refractivity contribution in [3.05, 3.63) is 23.8 Å². The fourth-order valence-corrected chi connectivity index (χ4v) is 1.76. The fourth-order valence-electron chi connectivity index (χ4n) is 1.76. The molecule has 0 saturated carbocycles. The van der Waals surface area contributed by atoms with Crippen molar-refractivity contribution in [2.45, 2.75) is 25.8 Å². The number of carboxylic acid groups (broad SMARTS) is 2. The SMILES string of the molecule is CC(=O)Nc1cc(C(=O)NC(CCC(=O)O)C(=O)O)ccc1N. The van der Waals surface area contributed by atoms with Gasteiger partial charge in [0.2, 0.25) is 5.91 Å². The van der Waals surface area contributed by atoms with Crippen molar-refractivity contribution in [2.75, 3.05) is 11.1 Å². The maximum Gasteiger partial charge on any atom is 0.326 e. The molecule has 1 rings (SSSR count). The van der Waals surface area contributed by atoms with Crippen molar-refractivity contribution >= 4 is 35.1 Å². The van der Waals surface area contributed by atoms with Gasteiger partial charge in [0.05, 0.1) is 11.4 Å². The Morgan fingerprint density at radius 1 is 1.22 bits per heavy atom. The van der Waals surface area contributed by atoms with Crippen molar-refractivity contribution in [2.24, 2.45) is 0 Å². The second kappa shape index (κ2) is 7.78. The second-order valence-corrected chi connectivity index (χ2v) is 4.78. The van der Waals surface area contributed by atoms with E-state index in [1.54, 1.807) is 0 Å². The first-order chi connectivity index (χ1) is 10.7. The van der Waals surface area contributed by atoms with E-state index in [1.807, 2.05) is 0 Å². The number of anilines is 2. The molecule has 9 heteroatoms. The number of nitrogens with two attached hydrogens (primary N) is 1. The normalized spacial score (nSPS) is 11.3. The molecule has 2 amide bonds. The maximum atomic E-state index is 12.1. The molecule has 9 nitrogen and oxygen atoms in total. The summed E-state index contributed by atoms with van der Waals surface area (Å²) < 4.78 is 0. The molecular weight excluding hydrogens is 306 g/mol. The number of hydrogen-bond acceptors (Lipinski definition) is 5. The summed E-state index contributed by atoms with van der Waals surface area (Å²) in [6, 6.07) is 2.74. The van der Waals surface area contributed by atoms with E-state index in [-0.39, 0.29) is 29.3 Å². The molecule has 0 aliphatic carbocycles.